The maximum Gasteiger partial charge on any atom is 0.241 e. The van der Waals surface area contributed by atoms with Gasteiger partial charge in [-0.25, -0.2) is 13.6 Å². The molecule has 1 rings (SSSR count). The summed E-state index contributed by atoms with van der Waals surface area (Å²) in [5.74, 6) is 0.249. The van der Waals surface area contributed by atoms with E-state index in [4.69, 9.17) is 21.5 Å². The molecule has 0 saturated heterocycles. The highest BCUT2D eigenvalue weighted by Gasteiger charge is 2.18. The minimum Gasteiger partial charge on any atom is -0.488 e. The molecular formula is C11H13BrClNO3S. The van der Waals surface area contributed by atoms with Gasteiger partial charge in [-0.3, -0.25) is 0 Å². The number of benzene rings is 1. The molecule has 0 bridgehead atoms. The number of nitrogens with two attached hydrogens (primary N) is 1. The van der Waals surface area contributed by atoms with Crippen molar-refractivity contribution in [1.82, 2.24) is 0 Å². The lowest BCUT2D eigenvalue weighted by Crippen LogP contribution is -2.15. The van der Waals surface area contributed by atoms with E-state index in [1.807, 2.05) is 0 Å². The van der Waals surface area contributed by atoms with E-state index in [0.717, 1.165) is 5.57 Å². The second-order valence-electron chi connectivity index (χ2n) is 3.84. The van der Waals surface area contributed by atoms with Gasteiger partial charge in [-0.15, -0.1) is 0 Å². The molecule has 0 aromatic heterocycles. The lowest BCUT2D eigenvalue weighted by Gasteiger charge is -2.13. The zero-order valence-electron chi connectivity index (χ0n) is 9.91. The number of primary sulfonamides is 1. The first kappa shape index (κ1) is 15.5. The minimum atomic E-state index is -3.84. The molecular weight excluding hydrogens is 342 g/mol. The molecule has 1 aromatic rings. The minimum absolute atomic E-state index is 0.0447. The van der Waals surface area contributed by atoms with E-state index in [-0.39, 0.29) is 17.3 Å². The third kappa shape index (κ3) is 3.98. The van der Waals surface area contributed by atoms with E-state index in [9.17, 15) is 8.42 Å². The van der Waals surface area contributed by atoms with Gasteiger partial charge in [0.25, 0.3) is 0 Å². The summed E-state index contributed by atoms with van der Waals surface area (Å²) in [6.45, 7) is 3.72. The predicted octanol–water partition coefficient (Wildman–Crippen LogP) is 2.93. The smallest absolute Gasteiger partial charge is 0.241 e. The van der Waals surface area contributed by atoms with Crippen molar-refractivity contribution >= 4 is 37.6 Å². The van der Waals surface area contributed by atoms with E-state index in [1.54, 1.807) is 19.9 Å². The van der Waals surface area contributed by atoms with Crippen LogP contribution in [-0.2, 0) is 10.0 Å². The van der Waals surface area contributed by atoms with E-state index in [1.165, 1.54) is 11.6 Å². The Morgan fingerprint density at radius 1 is 1.56 bits per heavy atom. The maximum atomic E-state index is 11.5. The molecule has 4 nitrogen and oxygen atoms in total. The molecule has 1 aromatic carbocycles. The van der Waals surface area contributed by atoms with Crippen LogP contribution in [0.25, 0.3) is 0 Å². The Balaban J connectivity index is 3.25. The fourth-order valence-electron chi connectivity index (χ4n) is 1.31. The second-order valence-corrected chi connectivity index (χ2v) is 6.50. The van der Waals surface area contributed by atoms with Gasteiger partial charge in [0, 0.05) is 10.0 Å². The monoisotopic (exact) mass is 353 g/mol. The molecule has 0 unspecified atom stereocenters. The van der Waals surface area contributed by atoms with Gasteiger partial charge in [-0.2, -0.15) is 0 Å². The third-order valence-corrected chi connectivity index (χ3v) is 3.89. The molecule has 0 aliphatic heterocycles. The van der Waals surface area contributed by atoms with Gasteiger partial charge < -0.3 is 4.74 Å². The number of sulfonamides is 1. The fraction of sp³-hybridized carbons (Fsp3) is 0.273. The SMILES string of the molecule is CC(=CCl)COc1c(C)cc(Br)cc1S(N)(=O)=O. The Labute approximate surface area is 120 Å². The predicted molar refractivity (Wildman–Crippen MR) is 75.4 cm³/mol. The quantitative estimate of drug-likeness (QED) is 0.904. The molecule has 7 heteroatoms. The molecule has 0 fully saturated rings. The summed E-state index contributed by atoms with van der Waals surface area (Å²) in [6.07, 6.45) is 0. The summed E-state index contributed by atoms with van der Waals surface area (Å²) >= 11 is 8.75. The summed E-state index contributed by atoms with van der Waals surface area (Å²) in [7, 11) is -3.84. The van der Waals surface area contributed by atoms with Crippen LogP contribution in [-0.4, -0.2) is 15.0 Å². The van der Waals surface area contributed by atoms with Crippen LogP contribution < -0.4 is 9.88 Å². The third-order valence-electron chi connectivity index (χ3n) is 2.14. The number of ether oxygens (including phenoxy) is 1. The topological polar surface area (TPSA) is 69.4 Å². The molecule has 0 spiro atoms. The number of hydrogen-bond acceptors (Lipinski definition) is 3. The highest BCUT2D eigenvalue weighted by Crippen LogP contribution is 2.31. The molecule has 18 heavy (non-hydrogen) atoms. The van der Waals surface area contributed by atoms with Gasteiger partial charge in [-0.1, -0.05) is 27.5 Å². The lowest BCUT2D eigenvalue weighted by atomic mass is 10.2. The molecule has 0 atom stereocenters. The van der Waals surface area contributed by atoms with Gasteiger partial charge in [0.05, 0.1) is 0 Å². The normalized spacial score (nSPS) is 12.6. The number of aryl methyl sites for hydroxylation is 1. The van der Waals surface area contributed by atoms with Gasteiger partial charge in [0.1, 0.15) is 17.3 Å². The molecule has 0 radical (unpaired) electrons. The number of rotatable bonds is 4. The highest BCUT2D eigenvalue weighted by molar-refractivity contribution is 9.10. The number of hydrogen-bond donors (Lipinski definition) is 1. The van der Waals surface area contributed by atoms with Gasteiger partial charge >= 0.3 is 0 Å². The van der Waals surface area contributed by atoms with Crippen LogP contribution in [0.2, 0.25) is 0 Å². The van der Waals surface area contributed by atoms with E-state index >= 15 is 0 Å². The van der Waals surface area contributed by atoms with E-state index in [2.05, 4.69) is 15.9 Å². The average Bonchev–Trinajstić information content (AvgIpc) is 2.25. The molecule has 2 N–H and O–H groups in total. The van der Waals surface area contributed by atoms with Crippen molar-refractivity contribution in [1.29, 1.82) is 0 Å². The lowest BCUT2D eigenvalue weighted by molar-refractivity contribution is 0.340. The van der Waals surface area contributed by atoms with Crippen molar-refractivity contribution in [3.63, 3.8) is 0 Å². The summed E-state index contributed by atoms with van der Waals surface area (Å²) in [5, 5.41) is 5.16. The van der Waals surface area contributed by atoms with Crippen LogP contribution in [0, 0.1) is 6.92 Å². The van der Waals surface area contributed by atoms with Gasteiger partial charge in [-0.05, 0) is 37.1 Å². The van der Waals surface area contributed by atoms with Crippen LogP contribution in [0.5, 0.6) is 5.75 Å². The zero-order valence-corrected chi connectivity index (χ0v) is 13.1. The zero-order chi connectivity index (χ0) is 13.9. The van der Waals surface area contributed by atoms with Crippen LogP contribution in [0.4, 0.5) is 0 Å². The van der Waals surface area contributed by atoms with Gasteiger partial charge in [0.2, 0.25) is 10.0 Å². The first-order valence-electron chi connectivity index (χ1n) is 4.97. The van der Waals surface area contributed by atoms with E-state index in [0.29, 0.717) is 10.0 Å². The highest BCUT2D eigenvalue weighted by atomic mass is 79.9. The molecule has 0 saturated carbocycles. The summed E-state index contributed by atoms with van der Waals surface area (Å²) in [6, 6.07) is 3.17. The van der Waals surface area contributed by atoms with Crippen molar-refractivity contribution in [3.05, 3.63) is 33.3 Å². The molecule has 0 heterocycles. The van der Waals surface area contributed by atoms with Crippen LogP contribution in [0.15, 0.2) is 32.6 Å². The van der Waals surface area contributed by atoms with Crippen LogP contribution in [0.1, 0.15) is 12.5 Å². The average molecular weight is 355 g/mol. The van der Waals surface area contributed by atoms with Crippen molar-refractivity contribution < 1.29 is 13.2 Å². The summed E-state index contributed by atoms with van der Waals surface area (Å²) < 4.78 is 29.1. The largest absolute Gasteiger partial charge is 0.488 e. The first-order chi connectivity index (χ1) is 8.25. The van der Waals surface area contributed by atoms with Crippen LogP contribution in [0.3, 0.4) is 0 Å². The maximum absolute atomic E-state index is 11.5. The van der Waals surface area contributed by atoms with Gasteiger partial charge in [0.15, 0.2) is 0 Å². The van der Waals surface area contributed by atoms with Crippen molar-refractivity contribution in [2.45, 2.75) is 18.7 Å². The second kappa shape index (κ2) is 6.06. The summed E-state index contributed by atoms with van der Waals surface area (Å²) in [4.78, 5) is -0.0447. The summed E-state index contributed by atoms with van der Waals surface area (Å²) in [5.41, 5.74) is 2.83. The molecule has 0 aliphatic carbocycles. The van der Waals surface area contributed by atoms with E-state index < -0.39 is 10.0 Å². The Morgan fingerprint density at radius 2 is 2.17 bits per heavy atom. The first-order valence-corrected chi connectivity index (χ1v) is 7.75. The molecule has 0 amide bonds. The van der Waals surface area contributed by atoms with Crippen molar-refractivity contribution in [2.75, 3.05) is 6.61 Å². The Morgan fingerprint density at radius 3 is 2.67 bits per heavy atom. The Bertz CT molecular complexity index is 584. The Hall–Kier alpha value is -0.560. The van der Waals surface area contributed by atoms with Crippen LogP contribution >= 0.6 is 27.5 Å². The van der Waals surface area contributed by atoms with Crippen molar-refractivity contribution in [3.8, 4) is 5.75 Å². The van der Waals surface area contributed by atoms with Crippen molar-refractivity contribution in [2.24, 2.45) is 5.14 Å². The molecule has 0 aliphatic rings. The Kier molecular flexibility index (Phi) is 5.21. The number of halogens is 2. The standard InChI is InChI=1S/C11H13BrClNO3S/c1-7(5-13)6-17-11-8(2)3-9(12)4-10(11)18(14,15)16/h3-5H,6H2,1-2H3,(H2,14,15,16). The fourth-order valence-corrected chi connectivity index (χ4v) is 2.87. The molecule has 100 valence electrons.